The van der Waals surface area contributed by atoms with Gasteiger partial charge in [-0.15, -0.1) is 0 Å². The fourth-order valence-electron chi connectivity index (χ4n) is 2.65. The number of benzene rings is 4. The van der Waals surface area contributed by atoms with E-state index in [1.165, 1.54) is 28.8 Å². The zero-order valence-corrected chi connectivity index (χ0v) is 14.8. The van der Waals surface area contributed by atoms with Crippen molar-refractivity contribution in [2.45, 2.75) is 6.92 Å². The van der Waals surface area contributed by atoms with Crippen LogP contribution in [-0.4, -0.2) is 0 Å². The van der Waals surface area contributed by atoms with E-state index in [9.17, 15) is 4.39 Å². The van der Waals surface area contributed by atoms with Gasteiger partial charge < -0.3 is 0 Å². The predicted octanol–water partition coefficient (Wildman–Crippen LogP) is 7.15. The van der Waals surface area contributed by atoms with Crippen LogP contribution in [0.25, 0.3) is 22.3 Å². The Kier molecular flexibility index (Phi) is 5.95. The van der Waals surface area contributed by atoms with Crippen molar-refractivity contribution in [1.29, 1.82) is 0 Å². The molecule has 0 unspecified atom stereocenters. The van der Waals surface area contributed by atoms with Crippen LogP contribution >= 0.6 is 0 Å². The molecule has 128 valence electrons. The van der Waals surface area contributed by atoms with Gasteiger partial charge in [-0.2, -0.15) is 0 Å². The number of rotatable bonds is 2. The van der Waals surface area contributed by atoms with E-state index in [-0.39, 0.29) is 5.82 Å². The lowest BCUT2D eigenvalue weighted by Gasteiger charge is -2.00. The third kappa shape index (κ3) is 4.90. The average molecular weight is 339 g/mol. The lowest BCUT2D eigenvalue weighted by atomic mass is 10.0. The Morgan fingerprint density at radius 1 is 0.423 bits per heavy atom. The maximum atomic E-state index is 12.6. The Hall–Kier alpha value is -3.19. The molecule has 26 heavy (non-hydrogen) atoms. The van der Waals surface area contributed by atoms with E-state index < -0.39 is 0 Å². The van der Waals surface area contributed by atoms with Gasteiger partial charge >= 0.3 is 0 Å². The van der Waals surface area contributed by atoms with Crippen LogP contribution in [0.5, 0.6) is 0 Å². The minimum atomic E-state index is -0.195. The fourth-order valence-corrected chi connectivity index (χ4v) is 2.65. The summed E-state index contributed by atoms with van der Waals surface area (Å²) in [7, 11) is 0. The molecule has 0 aliphatic heterocycles. The van der Waals surface area contributed by atoms with Crippen LogP contribution in [0.3, 0.4) is 0 Å². The van der Waals surface area contributed by atoms with E-state index in [4.69, 9.17) is 0 Å². The normalized spacial score (nSPS) is 9.92. The first-order chi connectivity index (χ1) is 12.7. The minimum absolute atomic E-state index is 0.195. The van der Waals surface area contributed by atoms with Crippen LogP contribution in [0.15, 0.2) is 109 Å². The molecule has 1 heteroatoms. The van der Waals surface area contributed by atoms with Gasteiger partial charge in [0.25, 0.3) is 0 Å². The molecule has 0 saturated carbocycles. The molecule has 0 radical (unpaired) electrons. The van der Waals surface area contributed by atoms with Crippen molar-refractivity contribution in [3.63, 3.8) is 0 Å². The second-order valence-corrected chi connectivity index (χ2v) is 6.10. The molecule has 0 fully saturated rings. The first kappa shape index (κ1) is 17.6. The van der Waals surface area contributed by atoms with E-state index in [2.05, 4.69) is 55.5 Å². The van der Waals surface area contributed by atoms with Gasteiger partial charge in [-0.05, 0) is 41.3 Å². The van der Waals surface area contributed by atoms with Gasteiger partial charge in [0.2, 0.25) is 0 Å². The van der Waals surface area contributed by atoms with Crippen LogP contribution in [0, 0.1) is 12.7 Å². The Labute approximate surface area is 154 Å². The van der Waals surface area contributed by atoms with Crippen molar-refractivity contribution in [1.82, 2.24) is 0 Å². The van der Waals surface area contributed by atoms with Crippen molar-refractivity contribution < 1.29 is 4.39 Å². The maximum Gasteiger partial charge on any atom is 0.123 e. The van der Waals surface area contributed by atoms with Crippen LogP contribution in [0.2, 0.25) is 0 Å². The number of hydrogen-bond acceptors (Lipinski definition) is 0. The fraction of sp³-hybridized carbons (Fsp3) is 0.0400. The molecule has 0 aliphatic rings. The van der Waals surface area contributed by atoms with Crippen molar-refractivity contribution in [2.75, 3.05) is 0 Å². The quantitative estimate of drug-likeness (QED) is 0.363. The second-order valence-electron chi connectivity index (χ2n) is 6.10. The van der Waals surface area contributed by atoms with E-state index >= 15 is 0 Å². The average Bonchev–Trinajstić information content (AvgIpc) is 2.71. The van der Waals surface area contributed by atoms with Crippen LogP contribution < -0.4 is 0 Å². The molecule has 0 aromatic heterocycles. The van der Waals surface area contributed by atoms with Gasteiger partial charge in [-0.3, -0.25) is 0 Å². The van der Waals surface area contributed by atoms with E-state index in [1.807, 2.05) is 36.4 Å². The number of halogens is 1. The molecule has 4 aromatic rings. The third-order valence-corrected chi connectivity index (χ3v) is 4.11. The smallest absolute Gasteiger partial charge is 0.123 e. The first-order valence-electron chi connectivity index (χ1n) is 8.65. The monoisotopic (exact) mass is 339 g/mol. The molecule has 0 saturated heterocycles. The largest absolute Gasteiger partial charge is 0.207 e. The minimum Gasteiger partial charge on any atom is -0.207 e. The van der Waals surface area contributed by atoms with Crippen LogP contribution in [-0.2, 0) is 0 Å². The third-order valence-electron chi connectivity index (χ3n) is 4.11. The molecule has 0 N–H and O–H groups in total. The van der Waals surface area contributed by atoms with Gasteiger partial charge in [0, 0.05) is 0 Å². The first-order valence-corrected chi connectivity index (χ1v) is 8.65. The Morgan fingerprint density at radius 2 is 0.769 bits per heavy atom. The lowest BCUT2D eigenvalue weighted by Crippen LogP contribution is -1.77. The summed E-state index contributed by atoms with van der Waals surface area (Å²) >= 11 is 0. The summed E-state index contributed by atoms with van der Waals surface area (Å²) in [6.07, 6.45) is 0. The summed E-state index contributed by atoms with van der Waals surface area (Å²) in [5.74, 6) is -0.195. The Bertz CT molecular complexity index is 828. The van der Waals surface area contributed by atoms with Crippen molar-refractivity contribution in [2.24, 2.45) is 0 Å². The van der Waals surface area contributed by atoms with Crippen molar-refractivity contribution in [3.8, 4) is 22.3 Å². The number of hydrogen-bond donors (Lipinski definition) is 0. The van der Waals surface area contributed by atoms with Crippen molar-refractivity contribution in [3.05, 3.63) is 121 Å². The highest BCUT2D eigenvalue weighted by Gasteiger charge is 1.95. The molecule has 0 nitrogen and oxygen atoms in total. The van der Waals surface area contributed by atoms with E-state index in [0.717, 1.165) is 11.1 Å². The summed E-state index contributed by atoms with van der Waals surface area (Å²) in [4.78, 5) is 0. The lowest BCUT2D eigenvalue weighted by molar-refractivity contribution is 0.628. The summed E-state index contributed by atoms with van der Waals surface area (Å²) in [6, 6.07) is 35.5. The highest BCUT2D eigenvalue weighted by atomic mass is 18.2. The molecular weight excluding hydrogens is 318 g/mol. The van der Waals surface area contributed by atoms with Crippen molar-refractivity contribution >= 4 is 0 Å². The van der Waals surface area contributed by atoms with E-state index in [0.29, 0.717) is 0 Å². The standard InChI is InChI=1S/C13H12.C12H9F/c1-11-7-9-13(10-8-11)12-5-3-2-4-6-12;13-12-8-6-11(7-9-12)10-4-2-1-3-5-10/h2-10H,1H3;1-9H/i;13-1. The molecule has 0 amide bonds. The van der Waals surface area contributed by atoms with Gasteiger partial charge in [0.15, 0.2) is 0 Å². The summed E-state index contributed by atoms with van der Waals surface area (Å²) in [5, 5.41) is 0. The van der Waals surface area contributed by atoms with Crippen LogP contribution in [0.4, 0.5) is 4.39 Å². The molecule has 0 spiro atoms. The molecule has 0 aliphatic carbocycles. The summed E-state index contributed by atoms with van der Waals surface area (Å²) in [5.41, 5.74) is 6.03. The molecule has 0 atom stereocenters. The topological polar surface area (TPSA) is 0 Å². The number of aryl methyl sites for hydroxylation is 1. The molecular formula is C25H21F. The molecule has 0 bridgehead atoms. The van der Waals surface area contributed by atoms with Crippen LogP contribution in [0.1, 0.15) is 5.56 Å². The second kappa shape index (κ2) is 8.77. The van der Waals surface area contributed by atoms with Gasteiger partial charge in [0.1, 0.15) is 5.82 Å². The molecule has 0 heterocycles. The Balaban J connectivity index is 0.000000151. The highest BCUT2D eigenvalue weighted by molar-refractivity contribution is 5.63. The SMILES string of the molecule is Cc1ccc(-c2ccccc2)cc1.[18F]c1ccc(-c2ccccc2)cc1. The molecule has 4 aromatic carbocycles. The van der Waals surface area contributed by atoms with Gasteiger partial charge in [0.05, 0.1) is 0 Å². The zero-order valence-electron chi connectivity index (χ0n) is 14.8. The summed E-state index contributed by atoms with van der Waals surface area (Å²) < 4.78 is 12.6. The van der Waals surface area contributed by atoms with E-state index in [1.54, 1.807) is 12.1 Å². The Morgan fingerprint density at radius 3 is 1.19 bits per heavy atom. The predicted molar refractivity (Wildman–Crippen MR) is 108 cm³/mol. The summed E-state index contributed by atoms with van der Waals surface area (Å²) in [6.45, 7) is 2.11. The maximum absolute atomic E-state index is 12.6. The van der Waals surface area contributed by atoms with Gasteiger partial charge in [-0.25, -0.2) is 4.39 Å². The zero-order chi connectivity index (χ0) is 18.2. The molecule has 4 rings (SSSR count). The highest BCUT2D eigenvalue weighted by Crippen LogP contribution is 2.19. The van der Waals surface area contributed by atoms with Gasteiger partial charge in [-0.1, -0.05) is 103 Å².